The molecule has 0 fully saturated rings. The van der Waals surface area contributed by atoms with Crippen molar-refractivity contribution in [2.75, 3.05) is 0 Å². The Labute approximate surface area is 128 Å². The van der Waals surface area contributed by atoms with E-state index in [1.807, 2.05) is 36.4 Å². The molecule has 1 heteroatoms. The van der Waals surface area contributed by atoms with Gasteiger partial charge in [0.1, 0.15) is 0 Å². The molecule has 0 saturated heterocycles. The molecule has 0 aliphatic heterocycles. The van der Waals surface area contributed by atoms with Crippen molar-refractivity contribution >= 4 is 11.9 Å². The van der Waals surface area contributed by atoms with Crippen molar-refractivity contribution < 1.29 is 4.79 Å². The molecule has 1 unspecified atom stereocenters. The first kappa shape index (κ1) is 15.5. The quantitative estimate of drug-likeness (QED) is 0.546. The van der Waals surface area contributed by atoms with E-state index in [-0.39, 0.29) is 11.2 Å². The highest BCUT2D eigenvalue weighted by molar-refractivity contribution is 6.02. The van der Waals surface area contributed by atoms with Gasteiger partial charge < -0.3 is 0 Å². The Morgan fingerprint density at radius 2 is 1.90 bits per heavy atom. The topological polar surface area (TPSA) is 17.1 Å². The van der Waals surface area contributed by atoms with Crippen LogP contribution in [0, 0.1) is 11.3 Å². The van der Waals surface area contributed by atoms with Gasteiger partial charge >= 0.3 is 0 Å². The molecule has 1 aromatic rings. The number of ketones is 1. The third-order valence-corrected chi connectivity index (χ3v) is 4.28. The van der Waals surface area contributed by atoms with Gasteiger partial charge in [-0.05, 0) is 42.9 Å². The summed E-state index contributed by atoms with van der Waals surface area (Å²) in [5.74, 6) is 0.411. The van der Waals surface area contributed by atoms with Crippen LogP contribution in [0.1, 0.15) is 39.2 Å². The third-order valence-electron chi connectivity index (χ3n) is 4.28. The fourth-order valence-electron chi connectivity index (χ4n) is 2.97. The standard InChI is InChI=1S/C20H24O/c1-16-8-7-15-20(2,3)19(16)14-13-18(21)12-11-17-9-5-4-6-10-17/h4-6,8-14,19H,7,15H2,1-3H3/b12-11+,14-13+. The van der Waals surface area contributed by atoms with Crippen LogP contribution >= 0.6 is 0 Å². The van der Waals surface area contributed by atoms with Gasteiger partial charge in [0.2, 0.25) is 0 Å². The summed E-state index contributed by atoms with van der Waals surface area (Å²) in [7, 11) is 0. The molecule has 0 radical (unpaired) electrons. The minimum absolute atomic E-state index is 0.0491. The van der Waals surface area contributed by atoms with Crippen molar-refractivity contribution in [2.24, 2.45) is 11.3 Å². The van der Waals surface area contributed by atoms with Crippen LogP contribution in [0.3, 0.4) is 0 Å². The molecule has 1 aliphatic rings. The van der Waals surface area contributed by atoms with Crippen molar-refractivity contribution in [3.8, 4) is 0 Å². The van der Waals surface area contributed by atoms with E-state index in [1.165, 1.54) is 12.0 Å². The van der Waals surface area contributed by atoms with Gasteiger partial charge in [-0.2, -0.15) is 0 Å². The summed E-state index contributed by atoms with van der Waals surface area (Å²) >= 11 is 0. The Morgan fingerprint density at radius 1 is 1.19 bits per heavy atom. The summed E-state index contributed by atoms with van der Waals surface area (Å²) in [5.41, 5.74) is 2.66. The van der Waals surface area contributed by atoms with Crippen molar-refractivity contribution in [3.05, 3.63) is 65.8 Å². The molecular weight excluding hydrogens is 256 g/mol. The molecule has 0 bridgehead atoms. The van der Waals surface area contributed by atoms with E-state index in [9.17, 15) is 4.79 Å². The molecule has 2 rings (SSSR count). The van der Waals surface area contributed by atoms with Gasteiger partial charge in [0.15, 0.2) is 5.78 Å². The van der Waals surface area contributed by atoms with Crippen LogP contribution in [-0.2, 0) is 4.79 Å². The van der Waals surface area contributed by atoms with Gasteiger partial charge in [0, 0.05) is 5.92 Å². The zero-order valence-electron chi connectivity index (χ0n) is 13.2. The Hall–Kier alpha value is -1.89. The van der Waals surface area contributed by atoms with Crippen LogP contribution in [0.4, 0.5) is 0 Å². The summed E-state index contributed by atoms with van der Waals surface area (Å²) in [4.78, 5) is 12.0. The Bertz CT molecular complexity index is 573. The molecular formula is C20H24O. The highest BCUT2D eigenvalue weighted by Crippen LogP contribution is 2.41. The fourth-order valence-corrected chi connectivity index (χ4v) is 2.97. The third kappa shape index (κ3) is 4.29. The maximum atomic E-state index is 12.0. The van der Waals surface area contributed by atoms with Crippen LogP contribution in [0.25, 0.3) is 6.08 Å². The number of carbonyl (C=O) groups is 1. The van der Waals surface area contributed by atoms with E-state index in [0.717, 1.165) is 12.0 Å². The summed E-state index contributed by atoms with van der Waals surface area (Å²) in [6.45, 7) is 6.73. The second kappa shape index (κ2) is 6.71. The lowest BCUT2D eigenvalue weighted by Crippen LogP contribution is -2.26. The summed E-state index contributed by atoms with van der Waals surface area (Å²) in [6, 6.07) is 9.89. The van der Waals surface area contributed by atoms with Gasteiger partial charge in [-0.1, -0.05) is 68.0 Å². The number of rotatable bonds is 4. The van der Waals surface area contributed by atoms with E-state index in [1.54, 1.807) is 12.2 Å². The lowest BCUT2D eigenvalue weighted by atomic mass is 9.68. The van der Waals surface area contributed by atoms with Crippen LogP contribution in [0.2, 0.25) is 0 Å². The molecule has 21 heavy (non-hydrogen) atoms. The largest absolute Gasteiger partial charge is 0.290 e. The summed E-state index contributed by atoms with van der Waals surface area (Å²) < 4.78 is 0. The zero-order valence-corrected chi connectivity index (χ0v) is 13.2. The van der Waals surface area contributed by atoms with Gasteiger partial charge in [0.25, 0.3) is 0 Å². The molecule has 1 nitrogen and oxygen atoms in total. The number of hydrogen-bond donors (Lipinski definition) is 0. The van der Waals surface area contributed by atoms with E-state index in [0.29, 0.717) is 5.92 Å². The Kier molecular flexibility index (Phi) is 4.95. The van der Waals surface area contributed by atoms with E-state index in [4.69, 9.17) is 0 Å². The molecule has 1 aliphatic carbocycles. The van der Waals surface area contributed by atoms with E-state index < -0.39 is 0 Å². The van der Waals surface area contributed by atoms with Crippen molar-refractivity contribution in [1.29, 1.82) is 0 Å². The summed E-state index contributed by atoms with van der Waals surface area (Å²) in [5, 5.41) is 0. The van der Waals surface area contributed by atoms with Crippen molar-refractivity contribution in [2.45, 2.75) is 33.6 Å². The average molecular weight is 280 g/mol. The van der Waals surface area contributed by atoms with Gasteiger partial charge in [-0.3, -0.25) is 4.79 Å². The molecule has 0 saturated carbocycles. The Morgan fingerprint density at radius 3 is 2.57 bits per heavy atom. The first-order valence-corrected chi connectivity index (χ1v) is 7.61. The normalized spacial score (nSPS) is 21.7. The SMILES string of the molecule is CC1=CCCC(C)(C)C1/C=C/C(=O)/C=C/c1ccccc1. The molecule has 0 N–H and O–H groups in total. The maximum Gasteiger partial charge on any atom is 0.178 e. The van der Waals surface area contributed by atoms with Crippen LogP contribution in [-0.4, -0.2) is 5.78 Å². The first-order valence-electron chi connectivity index (χ1n) is 7.61. The maximum absolute atomic E-state index is 12.0. The molecule has 0 heterocycles. The lowest BCUT2D eigenvalue weighted by molar-refractivity contribution is -0.110. The van der Waals surface area contributed by atoms with Crippen LogP contribution in [0.15, 0.2) is 60.2 Å². The van der Waals surface area contributed by atoms with E-state index >= 15 is 0 Å². The first-order chi connectivity index (χ1) is 9.99. The second-order valence-corrected chi connectivity index (χ2v) is 6.46. The number of carbonyl (C=O) groups excluding carboxylic acids is 1. The van der Waals surface area contributed by atoms with Gasteiger partial charge in [-0.25, -0.2) is 0 Å². The van der Waals surface area contributed by atoms with Crippen LogP contribution in [0.5, 0.6) is 0 Å². The monoisotopic (exact) mass is 280 g/mol. The molecule has 1 atom stereocenters. The van der Waals surface area contributed by atoms with Gasteiger partial charge in [-0.15, -0.1) is 0 Å². The average Bonchev–Trinajstić information content (AvgIpc) is 2.45. The van der Waals surface area contributed by atoms with Gasteiger partial charge in [0.05, 0.1) is 0 Å². The minimum Gasteiger partial charge on any atom is -0.290 e. The minimum atomic E-state index is 0.0491. The zero-order chi connectivity index (χ0) is 15.3. The molecule has 0 spiro atoms. The fraction of sp³-hybridized carbons (Fsp3) is 0.350. The molecule has 0 amide bonds. The number of allylic oxidation sites excluding steroid dienone is 5. The lowest BCUT2D eigenvalue weighted by Gasteiger charge is -2.36. The predicted octanol–water partition coefficient (Wildman–Crippen LogP) is 5.21. The predicted molar refractivity (Wildman–Crippen MR) is 89.9 cm³/mol. The van der Waals surface area contributed by atoms with Crippen molar-refractivity contribution in [1.82, 2.24) is 0 Å². The smallest absolute Gasteiger partial charge is 0.178 e. The summed E-state index contributed by atoms with van der Waals surface area (Å²) in [6.07, 6.45) is 11.9. The highest BCUT2D eigenvalue weighted by atomic mass is 16.1. The second-order valence-electron chi connectivity index (χ2n) is 6.46. The Balaban J connectivity index is 2.03. The number of hydrogen-bond acceptors (Lipinski definition) is 1. The van der Waals surface area contributed by atoms with E-state index in [2.05, 4.69) is 32.9 Å². The molecule has 1 aromatic carbocycles. The highest BCUT2D eigenvalue weighted by Gasteiger charge is 2.30. The van der Waals surface area contributed by atoms with Crippen LogP contribution < -0.4 is 0 Å². The number of benzene rings is 1. The molecule has 0 aromatic heterocycles. The van der Waals surface area contributed by atoms with Crippen molar-refractivity contribution in [3.63, 3.8) is 0 Å². The molecule has 110 valence electrons.